The van der Waals surface area contributed by atoms with Gasteiger partial charge in [0.25, 0.3) is 0 Å². The van der Waals surface area contributed by atoms with Gasteiger partial charge in [-0.25, -0.2) is 4.79 Å². The summed E-state index contributed by atoms with van der Waals surface area (Å²) in [7, 11) is 0. The SMILES string of the molecule is Nc1cc(C(=O)O)ccc1OCc1ccccn1. The molecule has 0 fully saturated rings. The summed E-state index contributed by atoms with van der Waals surface area (Å²) in [4.78, 5) is 14.8. The van der Waals surface area contributed by atoms with Gasteiger partial charge in [0.05, 0.1) is 16.9 Å². The molecule has 3 N–H and O–H groups in total. The zero-order chi connectivity index (χ0) is 13.0. The number of ether oxygens (including phenoxy) is 1. The Labute approximate surface area is 104 Å². The average molecular weight is 244 g/mol. The predicted octanol–water partition coefficient (Wildman–Crippen LogP) is 1.94. The number of nitrogens with two attached hydrogens (primary N) is 1. The number of pyridine rings is 1. The molecule has 0 aliphatic carbocycles. The Bertz CT molecular complexity index is 555. The van der Waals surface area contributed by atoms with E-state index in [2.05, 4.69) is 4.98 Å². The van der Waals surface area contributed by atoms with Crippen molar-refractivity contribution in [3.8, 4) is 5.75 Å². The first-order valence-electron chi connectivity index (χ1n) is 5.32. The van der Waals surface area contributed by atoms with Crippen molar-refractivity contribution in [1.29, 1.82) is 0 Å². The molecule has 0 atom stereocenters. The third-order valence-corrected chi connectivity index (χ3v) is 2.36. The first-order chi connectivity index (χ1) is 8.66. The van der Waals surface area contributed by atoms with Crippen LogP contribution in [0.15, 0.2) is 42.6 Å². The van der Waals surface area contributed by atoms with E-state index in [1.807, 2.05) is 18.2 Å². The molecule has 1 heterocycles. The maximum Gasteiger partial charge on any atom is 0.335 e. The summed E-state index contributed by atoms with van der Waals surface area (Å²) >= 11 is 0. The molecule has 1 aromatic heterocycles. The molecule has 0 saturated carbocycles. The Balaban J connectivity index is 2.08. The summed E-state index contributed by atoms with van der Waals surface area (Å²) in [5.74, 6) is -0.566. The van der Waals surface area contributed by atoms with E-state index in [-0.39, 0.29) is 12.2 Å². The number of carboxylic acids is 1. The van der Waals surface area contributed by atoms with Crippen LogP contribution in [0, 0.1) is 0 Å². The number of nitrogen functional groups attached to an aromatic ring is 1. The number of rotatable bonds is 4. The van der Waals surface area contributed by atoms with E-state index in [1.54, 1.807) is 12.3 Å². The number of carbonyl (C=O) groups is 1. The molecule has 92 valence electrons. The molecule has 0 bridgehead atoms. The normalized spacial score (nSPS) is 10.0. The third-order valence-electron chi connectivity index (χ3n) is 2.36. The molecule has 18 heavy (non-hydrogen) atoms. The zero-order valence-electron chi connectivity index (χ0n) is 9.54. The summed E-state index contributed by atoms with van der Waals surface area (Å²) in [5.41, 5.74) is 6.93. The van der Waals surface area contributed by atoms with Crippen molar-refractivity contribution < 1.29 is 14.6 Å². The summed E-state index contributed by atoms with van der Waals surface area (Å²) in [5, 5.41) is 8.80. The van der Waals surface area contributed by atoms with Crippen molar-refractivity contribution in [2.75, 3.05) is 5.73 Å². The number of aromatic nitrogens is 1. The van der Waals surface area contributed by atoms with Gasteiger partial charge in [0, 0.05) is 6.20 Å². The third kappa shape index (κ3) is 2.76. The van der Waals surface area contributed by atoms with Crippen LogP contribution in [0.1, 0.15) is 16.1 Å². The van der Waals surface area contributed by atoms with Crippen LogP contribution >= 0.6 is 0 Å². The molecule has 0 spiro atoms. The molecule has 2 aromatic rings. The lowest BCUT2D eigenvalue weighted by molar-refractivity contribution is 0.0697. The van der Waals surface area contributed by atoms with Gasteiger partial charge in [0.2, 0.25) is 0 Å². The standard InChI is InChI=1S/C13H12N2O3/c14-11-7-9(13(16)17)4-5-12(11)18-8-10-3-1-2-6-15-10/h1-7H,8,14H2,(H,16,17). The molecular formula is C13H12N2O3. The van der Waals surface area contributed by atoms with Gasteiger partial charge in [0.15, 0.2) is 0 Å². The van der Waals surface area contributed by atoms with Crippen LogP contribution in [0.2, 0.25) is 0 Å². The van der Waals surface area contributed by atoms with E-state index in [0.29, 0.717) is 11.4 Å². The van der Waals surface area contributed by atoms with E-state index >= 15 is 0 Å². The summed E-state index contributed by atoms with van der Waals surface area (Å²) in [6.45, 7) is 0.289. The zero-order valence-corrected chi connectivity index (χ0v) is 9.54. The van der Waals surface area contributed by atoms with Crippen molar-refractivity contribution in [2.45, 2.75) is 6.61 Å². The number of nitrogens with zero attached hydrogens (tertiary/aromatic N) is 1. The van der Waals surface area contributed by atoms with Crippen LogP contribution in [0.4, 0.5) is 5.69 Å². The van der Waals surface area contributed by atoms with Gasteiger partial charge in [-0.3, -0.25) is 4.98 Å². The predicted molar refractivity (Wildman–Crippen MR) is 66.4 cm³/mol. The molecule has 2 rings (SSSR count). The fraction of sp³-hybridized carbons (Fsp3) is 0.0769. The van der Waals surface area contributed by atoms with Crippen molar-refractivity contribution in [3.05, 3.63) is 53.9 Å². The minimum atomic E-state index is -1.02. The highest BCUT2D eigenvalue weighted by atomic mass is 16.5. The smallest absolute Gasteiger partial charge is 0.335 e. The number of carboxylic acid groups (broad SMARTS) is 1. The fourth-order valence-corrected chi connectivity index (χ4v) is 1.45. The summed E-state index contributed by atoms with van der Waals surface area (Å²) in [6, 6.07) is 9.88. The molecule has 0 aliphatic rings. The lowest BCUT2D eigenvalue weighted by Crippen LogP contribution is -2.02. The molecule has 0 unspecified atom stereocenters. The molecule has 5 nitrogen and oxygen atoms in total. The molecule has 0 aliphatic heterocycles. The van der Waals surface area contributed by atoms with Crippen molar-refractivity contribution in [3.63, 3.8) is 0 Å². The Hall–Kier alpha value is -2.56. The highest BCUT2D eigenvalue weighted by molar-refractivity contribution is 5.89. The maximum atomic E-state index is 10.7. The Morgan fingerprint density at radius 3 is 2.78 bits per heavy atom. The Morgan fingerprint density at radius 1 is 1.33 bits per heavy atom. The van der Waals surface area contributed by atoms with Crippen LogP contribution in [-0.2, 0) is 6.61 Å². The van der Waals surface area contributed by atoms with Crippen LogP contribution in [-0.4, -0.2) is 16.1 Å². The number of benzene rings is 1. The summed E-state index contributed by atoms with van der Waals surface area (Å²) in [6.07, 6.45) is 1.68. The summed E-state index contributed by atoms with van der Waals surface area (Å²) < 4.78 is 5.48. The minimum Gasteiger partial charge on any atom is -0.485 e. The minimum absolute atomic E-state index is 0.137. The van der Waals surface area contributed by atoms with Gasteiger partial charge in [-0.1, -0.05) is 6.07 Å². The second-order valence-corrected chi connectivity index (χ2v) is 3.67. The fourth-order valence-electron chi connectivity index (χ4n) is 1.45. The number of aromatic carboxylic acids is 1. The number of anilines is 1. The van der Waals surface area contributed by atoms with E-state index in [1.165, 1.54) is 12.1 Å². The maximum absolute atomic E-state index is 10.7. The van der Waals surface area contributed by atoms with Crippen molar-refractivity contribution >= 4 is 11.7 Å². The number of hydrogen-bond acceptors (Lipinski definition) is 4. The highest BCUT2D eigenvalue weighted by Crippen LogP contribution is 2.23. The van der Waals surface area contributed by atoms with E-state index in [0.717, 1.165) is 5.69 Å². The monoisotopic (exact) mass is 244 g/mol. The second kappa shape index (κ2) is 5.18. The highest BCUT2D eigenvalue weighted by Gasteiger charge is 2.07. The number of hydrogen-bond donors (Lipinski definition) is 2. The van der Waals surface area contributed by atoms with Gasteiger partial charge >= 0.3 is 5.97 Å². The largest absolute Gasteiger partial charge is 0.485 e. The Kier molecular flexibility index (Phi) is 3.43. The van der Waals surface area contributed by atoms with Gasteiger partial charge in [-0.15, -0.1) is 0 Å². The first-order valence-corrected chi connectivity index (χ1v) is 5.32. The van der Waals surface area contributed by atoms with Crippen molar-refractivity contribution in [1.82, 2.24) is 4.98 Å². The average Bonchev–Trinajstić information content (AvgIpc) is 2.38. The van der Waals surface area contributed by atoms with E-state index < -0.39 is 5.97 Å². The van der Waals surface area contributed by atoms with Gasteiger partial charge in [-0.05, 0) is 30.3 Å². The van der Waals surface area contributed by atoms with Crippen LogP contribution in [0.25, 0.3) is 0 Å². The van der Waals surface area contributed by atoms with Crippen molar-refractivity contribution in [2.24, 2.45) is 0 Å². The second-order valence-electron chi connectivity index (χ2n) is 3.67. The molecule has 0 amide bonds. The quantitative estimate of drug-likeness (QED) is 0.803. The van der Waals surface area contributed by atoms with E-state index in [9.17, 15) is 4.79 Å². The topological polar surface area (TPSA) is 85.4 Å². The van der Waals surface area contributed by atoms with Gasteiger partial charge in [-0.2, -0.15) is 0 Å². The van der Waals surface area contributed by atoms with Gasteiger partial charge < -0.3 is 15.6 Å². The van der Waals surface area contributed by atoms with Crippen LogP contribution in [0.5, 0.6) is 5.75 Å². The molecule has 1 aromatic carbocycles. The molecule has 0 saturated heterocycles. The van der Waals surface area contributed by atoms with E-state index in [4.69, 9.17) is 15.6 Å². The lowest BCUT2D eigenvalue weighted by Gasteiger charge is -2.08. The lowest BCUT2D eigenvalue weighted by atomic mass is 10.2. The first kappa shape index (κ1) is 11.9. The Morgan fingerprint density at radius 2 is 2.17 bits per heavy atom. The van der Waals surface area contributed by atoms with Crippen LogP contribution in [0.3, 0.4) is 0 Å². The molecule has 5 heteroatoms. The molecular weight excluding hydrogens is 232 g/mol. The molecule has 0 radical (unpaired) electrons. The van der Waals surface area contributed by atoms with Gasteiger partial charge in [0.1, 0.15) is 12.4 Å². The van der Waals surface area contributed by atoms with Crippen LogP contribution < -0.4 is 10.5 Å².